The maximum absolute atomic E-state index is 9.74. The Morgan fingerprint density at radius 2 is 1.40 bits per heavy atom. The van der Waals surface area contributed by atoms with Crippen LogP contribution in [0.5, 0.6) is 0 Å². The molecule has 2 unspecified atom stereocenters. The summed E-state index contributed by atoms with van der Waals surface area (Å²) in [6.45, 7) is 0. The summed E-state index contributed by atoms with van der Waals surface area (Å²) in [7, 11) is 0. The van der Waals surface area contributed by atoms with E-state index < -0.39 is 0 Å². The van der Waals surface area contributed by atoms with Crippen molar-refractivity contribution in [1.82, 2.24) is 5.32 Å². The standard InChI is InChI=1S/C20H20Cl2N2O/c21-14-6-1-4-12(10-14)18-16-8-3-9-17(20(16)24-25)19(23-18)13-5-2-7-15(22)11-13/h1-2,4-7,10-11,16-19,23,25H,3,8-9H2/t16-,17+,18?,19?. The van der Waals surface area contributed by atoms with Gasteiger partial charge >= 0.3 is 0 Å². The first-order valence-electron chi connectivity index (χ1n) is 8.66. The van der Waals surface area contributed by atoms with Gasteiger partial charge in [-0.15, -0.1) is 0 Å². The fraction of sp³-hybridized carbons (Fsp3) is 0.350. The smallest absolute Gasteiger partial charge is 0.0670 e. The van der Waals surface area contributed by atoms with Crippen molar-refractivity contribution >= 4 is 28.9 Å². The Morgan fingerprint density at radius 1 is 0.880 bits per heavy atom. The molecule has 4 atom stereocenters. The molecule has 1 saturated heterocycles. The zero-order valence-electron chi connectivity index (χ0n) is 13.7. The number of hydrogen-bond acceptors (Lipinski definition) is 3. The van der Waals surface area contributed by atoms with Crippen molar-refractivity contribution in [3.8, 4) is 0 Å². The van der Waals surface area contributed by atoms with Crippen LogP contribution in [0.4, 0.5) is 0 Å². The first-order chi connectivity index (χ1) is 12.2. The van der Waals surface area contributed by atoms with E-state index in [4.69, 9.17) is 23.2 Å². The van der Waals surface area contributed by atoms with Crippen LogP contribution in [0.25, 0.3) is 0 Å². The van der Waals surface area contributed by atoms with Gasteiger partial charge in [0.25, 0.3) is 0 Å². The Labute approximate surface area is 157 Å². The van der Waals surface area contributed by atoms with E-state index in [0.29, 0.717) is 0 Å². The van der Waals surface area contributed by atoms with Gasteiger partial charge in [-0.05, 0) is 48.2 Å². The van der Waals surface area contributed by atoms with Gasteiger partial charge in [0.05, 0.1) is 5.71 Å². The molecule has 4 rings (SSSR count). The molecule has 2 bridgehead atoms. The van der Waals surface area contributed by atoms with E-state index in [9.17, 15) is 5.21 Å². The lowest BCUT2D eigenvalue weighted by molar-refractivity contribution is 0.214. The van der Waals surface area contributed by atoms with Gasteiger partial charge in [-0.1, -0.05) is 59.0 Å². The number of rotatable bonds is 2. The minimum atomic E-state index is 0.0742. The van der Waals surface area contributed by atoms with E-state index in [-0.39, 0.29) is 23.9 Å². The van der Waals surface area contributed by atoms with Crippen molar-refractivity contribution in [1.29, 1.82) is 0 Å². The molecule has 1 saturated carbocycles. The van der Waals surface area contributed by atoms with Gasteiger partial charge in [0.1, 0.15) is 0 Å². The van der Waals surface area contributed by atoms with Crippen molar-refractivity contribution in [3.63, 3.8) is 0 Å². The van der Waals surface area contributed by atoms with Crippen LogP contribution in [-0.4, -0.2) is 10.9 Å². The molecule has 1 heterocycles. The largest absolute Gasteiger partial charge is 0.411 e. The van der Waals surface area contributed by atoms with E-state index in [1.54, 1.807) is 0 Å². The predicted octanol–water partition coefficient (Wildman–Crippen LogP) is 5.63. The Balaban J connectivity index is 1.78. The molecule has 0 aromatic heterocycles. The van der Waals surface area contributed by atoms with Crippen LogP contribution in [0.2, 0.25) is 10.0 Å². The van der Waals surface area contributed by atoms with E-state index in [1.807, 2.05) is 36.4 Å². The first-order valence-corrected chi connectivity index (χ1v) is 9.42. The molecule has 2 N–H and O–H groups in total. The fourth-order valence-corrected chi connectivity index (χ4v) is 4.83. The second-order valence-corrected chi connectivity index (χ2v) is 7.77. The molecule has 1 aliphatic heterocycles. The summed E-state index contributed by atoms with van der Waals surface area (Å²) in [5.41, 5.74) is 3.16. The van der Waals surface area contributed by atoms with Gasteiger partial charge in [-0.2, -0.15) is 0 Å². The van der Waals surface area contributed by atoms with Gasteiger partial charge in [-0.25, -0.2) is 0 Å². The molecule has 2 aliphatic rings. The quantitative estimate of drug-likeness (QED) is 0.528. The molecule has 0 amide bonds. The number of nitrogens with zero attached hydrogens (tertiary/aromatic N) is 1. The average Bonchev–Trinajstić information content (AvgIpc) is 2.61. The van der Waals surface area contributed by atoms with Gasteiger partial charge in [0.2, 0.25) is 0 Å². The van der Waals surface area contributed by atoms with E-state index in [0.717, 1.165) is 46.1 Å². The van der Waals surface area contributed by atoms with E-state index in [1.165, 1.54) is 0 Å². The molecule has 1 aliphatic carbocycles. The Kier molecular flexibility index (Phi) is 4.72. The highest BCUT2D eigenvalue weighted by Crippen LogP contribution is 2.46. The molecule has 2 fully saturated rings. The highest BCUT2D eigenvalue weighted by molar-refractivity contribution is 6.30. The van der Waals surface area contributed by atoms with Crippen LogP contribution < -0.4 is 5.32 Å². The second-order valence-electron chi connectivity index (χ2n) is 6.90. The summed E-state index contributed by atoms with van der Waals surface area (Å²) in [4.78, 5) is 0. The zero-order chi connectivity index (χ0) is 17.4. The zero-order valence-corrected chi connectivity index (χ0v) is 15.2. The summed E-state index contributed by atoms with van der Waals surface area (Å²) < 4.78 is 0. The van der Waals surface area contributed by atoms with Crippen LogP contribution in [0.15, 0.2) is 53.7 Å². The summed E-state index contributed by atoms with van der Waals surface area (Å²) in [5.74, 6) is 0.385. The van der Waals surface area contributed by atoms with Crippen molar-refractivity contribution in [2.75, 3.05) is 0 Å². The second kappa shape index (κ2) is 6.99. The SMILES string of the molecule is ON=C1[C@H]2CCC[C@@H]1C(c1cccc(Cl)c1)NC2c1cccc(Cl)c1. The van der Waals surface area contributed by atoms with Crippen LogP contribution in [-0.2, 0) is 0 Å². The number of oxime groups is 1. The normalized spacial score (nSPS) is 30.4. The first kappa shape index (κ1) is 16.9. The molecular formula is C20H20Cl2N2O. The fourth-order valence-electron chi connectivity index (χ4n) is 4.43. The maximum Gasteiger partial charge on any atom is 0.0670 e. The molecule has 5 heteroatoms. The van der Waals surface area contributed by atoms with Crippen LogP contribution >= 0.6 is 23.2 Å². The third-order valence-electron chi connectivity index (χ3n) is 5.48. The Bertz CT molecular complexity index is 746. The van der Waals surface area contributed by atoms with Crippen molar-refractivity contribution in [2.45, 2.75) is 31.3 Å². The summed E-state index contributed by atoms with van der Waals surface area (Å²) >= 11 is 12.4. The van der Waals surface area contributed by atoms with Gasteiger partial charge < -0.3 is 10.5 Å². The van der Waals surface area contributed by atoms with Gasteiger partial charge in [0, 0.05) is 34.0 Å². The number of fused-ring (bicyclic) bond motifs is 2. The molecule has 0 radical (unpaired) electrons. The number of hydrogen-bond donors (Lipinski definition) is 2. The molecule has 2 aromatic rings. The van der Waals surface area contributed by atoms with Crippen LogP contribution in [0.1, 0.15) is 42.5 Å². The monoisotopic (exact) mass is 374 g/mol. The van der Waals surface area contributed by atoms with Crippen molar-refractivity contribution < 1.29 is 5.21 Å². The van der Waals surface area contributed by atoms with Gasteiger partial charge in [0.15, 0.2) is 0 Å². The number of benzene rings is 2. The Morgan fingerprint density at radius 3 is 1.84 bits per heavy atom. The minimum Gasteiger partial charge on any atom is -0.411 e. The van der Waals surface area contributed by atoms with Gasteiger partial charge in [-0.3, -0.25) is 0 Å². The van der Waals surface area contributed by atoms with E-state index >= 15 is 0 Å². The number of nitrogens with one attached hydrogen (secondary N) is 1. The molecular weight excluding hydrogens is 355 g/mol. The molecule has 0 spiro atoms. The Hall–Kier alpha value is -1.55. The topological polar surface area (TPSA) is 44.6 Å². The lowest BCUT2D eigenvalue weighted by atomic mass is 9.67. The lowest BCUT2D eigenvalue weighted by Gasteiger charge is -2.47. The number of piperidine rings is 1. The maximum atomic E-state index is 9.74. The molecule has 2 aromatic carbocycles. The van der Waals surface area contributed by atoms with E-state index in [2.05, 4.69) is 22.6 Å². The highest BCUT2D eigenvalue weighted by atomic mass is 35.5. The molecule has 3 nitrogen and oxygen atoms in total. The molecule has 25 heavy (non-hydrogen) atoms. The third kappa shape index (κ3) is 3.17. The summed E-state index contributed by atoms with van der Waals surface area (Å²) in [6, 6.07) is 16.0. The lowest BCUT2D eigenvalue weighted by Crippen LogP contribution is -2.50. The van der Waals surface area contributed by atoms with Crippen LogP contribution in [0.3, 0.4) is 0 Å². The average molecular weight is 375 g/mol. The molecule has 130 valence electrons. The van der Waals surface area contributed by atoms with Crippen molar-refractivity contribution in [2.24, 2.45) is 17.0 Å². The van der Waals surface area contributed by atoms with Crippen molar-refractivity contribution in [3.05, 3.63) is 69.7 Å². The summed E-state index contributed by atoms with van der Waals surface area (Å²) in [6.07, 6.45) is 3.16. The summed E-state index contributed by atoms with van der Waals surface area (Å²) in [5, 5.41) is 18.7. The van der Waals surface area contributed by atoms with Crippen LogP contribution in [0, 0.1) is 11.8 Å². The predicted molar refractivity (Wildman–Crippen MR) is 102 cm³/mol. The highest BCUT2D eigenvalue weighted by Gasteiger charge is 2.45. The third-order valence-corrected chi connectivity index (χ3v) is 5.96. The number of halogens is 2. The minimum absolute atomic E-state index is 0.0742.